The molecule has 1 amide bonds. The molecule has 4 bridgehead atoms. The van der Waals surface area contributed by atoms with Crippen LogP contribution in [0.4, 0.5) is 0 Å². The van der Waals surface area contributed by atoms with Gasteiger partial charge in [0.2, 0.25) is 5.91 Å². The van der Waals surface area contributed by atoms with Crippen molar-refractivity contribution in [2.24, 2.45) is 23.2 Å². The Labute approximate surface area is 169 Å². The second-order valence-corrected chi connectivity index (χ2v) is 12.1. The molecule has 4 fully saturated rings. The maximum absolute atomic E-state index is 12.5. The van der Waals surface area contributed by atoms with Gasteiger partial charge in [0, 0.05) is 11.8 Å². The monoisotopic (exact) mass is 411 g/mol. The van der Waals surface area contributed by atoms with Crippen molar-refractivity contribution < 1.29 is 4.79 Å². The van der Waals surface area contributed by atoms with Crippen molar-refractivity contribution >= 4 is 40.8 Å². The number of rotatable bonds is 8. The minimum atomic E-state index is 0.149. The highest BCUT2D eigenvalue weighted by Gasteiger charge is 2.53. The molecule has 0 unspecified atom stereocenters. The summed E-state index contributed by atoms with van der Waals surface area (Å²) in [5.74, 6) is 4.45. The summed E-state index contributed by atoms with van der Waals surface area (Å²) >= 11 is 4.88. The van der Waals surface area contributed by atoms with E-state index in [2.05, 4.69) is 29.4 Å². The van der Waals surface area contributed by atoms with E-state index in [1.165, 1.54) is 50.3 Å². The van der Waals surface area contributed by atoms with Crippen LogP contribution in [0.5, 0.6) is 0 Å². The van der Waals surface area contributed by atoms with Gasteiger partial charge in [-0.3, -0.25) is 4.79 Å². The van der Waals surface area contributed by atoms with Crippen LogP contribution in [0, 0.1) is 23.2 Å². The zero-order chi connectivity index (χ0) is 18.1. The van der Waals surface area contributed by atoms with Crippen molar-refractivity contribution in [3.8, 4) is 0 Å². The number of nitrogens with one attached hydrogen (secondary N) is 1. The molecule has 4 aliphatic carbocycles. The van der Waals surface area contributed by atoms with Crippen molar-refractivity contribution in [2.75, 3.05) is 11.5 Å². The van der Waals surface area contributed by atoms with Crippen LogP contribution in [0.15, 0.2) is 8.68 Å². The summed E-state index contributed by atoms with van der Waals surface area (Å²) in [6.45, 7) is 4.42. The van der Waals surface area contributed by atoms with E-state index in [4.69, 9.17) is 0 Å². The summed E-state index contributed by atoms with van der Waals surface area (Å²) in [4.78, 5) is 12.5. The lowest BCUT2D eigenvalue weighted by Crippen LogP contribution is -2.56. The summed E-state index contributed by atoms with van der Waals surface area (Å²) < 4.78 is 1.91. The van der Waals surface area contributed by atoms with Gasteiger partial charge in [0.25, 0.3) is 0 Å². The van der Waals surface area contributed by atoms with Crippen molar-refractivity contribution in [1.82, 2.24) is 15.5 Å². The molecule has 0 radical (unpaired) electrons. The van der Waals surface area contributed by atoms with Crippen LogP contribution < -0.4 is 5.32 Å². The summed E-state index contributed by atoms with van der Waals surface area (Å²) in [5, 5.41) is 11.7. The molecule has 7 heteroatoms. The average Bonchev–Trinajstić information content (AvgIpc) is 3.05. The van der Waals surface area contributed by atoms with Crippen LogP contribution in [-0.2, 0) is 4.79 Å². The predicted octanol–water partition coefficient (Wildman–Crippen LogP) is 4.85. The Balaban J connectivity index is 1.27. The third-order valence-electron chi connectivity index (χ3n) is 6.53. The lowest BCUT2D eigenvalue weighted by Gasteiger charge is -2.59. The number of thioether (sulfide) groups is 2. The average molecular weight is 412 g/mol. The molecule has 1 heterocycles. The minimum Gasteiger partial charge on any atom is -0.352 e. The Morgan fingerprint density at radius 1 is 1.15 bits per heavy atom. The third kappa shape index (κ3) is 4.09. The first kappa shape index (κ1) is 19.1. The second kappa shape index (κ2) is 8.00. The Hall–Kier alpha value is -0.270. The van der Waals surface area contributed by atoms with Crippen LogP contribution in [0.3, 0.4) is 0 Å². The van der Waals surface area contributed by atoms with Crippen LogP contribution in [0.2, 0.25) is 0 Å². The van der Waals surface area contributed by atoms with Gasteiger partial charge in [0.15, 0.2) is 8.68 Å². The smallest absolute Gasteiger partial charge is 0.230 e. The van der Waals surface area contributed by atoms with E-state index in [0.717, 1.165) is 38.6 Å². The molecule has 1 aromatic heterocycles. The molecule has 1 aromatic rings. The Morgan fingerprint density at radius 3 is 2.31 bits per heavy atom. The number of hydrogen-bond donors (Lipinski definition) is 1. The largest absolute Gasteiger partial charge is 0.352 e. The van der Waals surface area contributed by atoms with Gasteiger partial charge in [-0.05, 0) is 75.0 Å². The fourth-order valence-corrected chi connectivity index (χ4v) is 8.53. The zero-order valence-corrected chi connectivity index (χ0v) is 18.2. The van der Waals surface area contributed by atoms with Gasteiger partial charge in [-0.1, -0.05) is 41.8 Å². The van der Waals surface area contributed by atoms with E-state index in [1.807, 2.05) is 0 Å². The fraction of sp³-hybridized carbons (Fsp3) is 0.842. The van der Waals surface area contributed by atoms with Gasteiger partial charge >= 0.3 is 0 Å². The second-order valence-electron chi connectivity index (χ2n) is 8.54. The van der Waals surface area contributed by atoms with Gasteiger partial charge in [-0.2, -0.15) is 0 Å². The normalized spacial score (nSPS) is 33.4. The topological polar surface area (TPSA) is 54.9 Å². The molecular formula is C19H29N3OS3. The van der Waals surface area contributed by atoms with Crippen LogP contribution in [0.25, 0.3) is 0 Å². The maximum atomic E-state index is 12.5. The van der Waals surface area contributed by atoms with E-state index < -0.39 is 0 Å². The van der Waals surface area contributed by atoms with Gasteiger partial charge in [-0.15, -0.1) is 10.2 Å². The molecule has 4 saturated carbocycles. The van der Waals surface area contributed by atoms with E-state index in [9.17, 15) is 4.79 Å². The van der Waals surface area contributed by atoms with Crippen molar-refractivity contribution in [1.29, 1.82) is 0 Å². The molecule has 0 aliphatic heterocycles. The first-order valence-corrected chi connectivity index (χ1v) is 12.7. The van der Waals surface area contributed by atoms with Crippen molar-refractivity contribution in [3.63, 3.8) is 0 Å². The first-order chi connectivity index (χ1) is 12.6. The Kier molecular flexibility index (Phi) is 5.86. The Bertz CT molecular complexity index is 612. The molecule has 5 rings (SSSR count). The number of carbonyl (C=O) groups excluding carboxylic acids is 1. The number of hydrogen-bond acceptors (Lipinski definition) is 6. The fourth-order valence-electron chi connectivity index (χ4n) is 5.77. The minimum absolute atomic E-state index is 0.149. The van der Waals surface area contributed by atoms with E-state index >= 15 is 0 Å². The molecule has 1 atom stereocenters. The highest BCUT2D eigenvalue weighted by molar-refractivity contribution is 8.03. The number of aromatic nitrogens is 2. The van der Waals surface area contributed by atoms with Crippen LogP contribution in [0.1, 0.15) is 58.8 Å². The maximum Gasteiger partial charge on any atom is 0.230 e. The molecule has 0 saturated heterocycles. The molecule has 0 spiro atoms. The molecule has 0 aromatic carbocycles. The number of nitrogens with zero attached hydrogens (tertiary/aromatic N) is 2. The quantitative estimate of drug-likeness (QED) is 0.620. The molecule has 26 heavy (non-hydrogen) atoms. The third-order valence-corrected chi connectivity index (χ3v) is 9.92. The molecule has 4 aliphatic rings. The summed E-state index contributed by atoms with van der Waals surface area (Å²) in [5.41, 5.74) is 0.377. The highest BCUT2D eigenvalue weighted by Crippen LogP contribution is 2.61. The summed E-state index contributed by atoms with van der Waals surface area (Å²) in [6.07, 6.45) is 9.49. The lowest BCUT2D eigenvalue weighted by atomic mass is 9.48. The van der Waals surface area contributed by atoms with Crippen molar-refractivity contribution in [3.05, 3.63) is 0 Å². The first-order valence-electron chi connectivity index (χ1n) is 9.95. The van der Waals surface area contributed by atoms with Gasteiger partial charge in [0.1, 0.15) is 0 Å². The predicted molar refractivity (Wildman–Crippen MR) is 110 cm³/mol. The van der Waals surface area contributed by atoms with Crippen LogP contribution in [-0.4, -0.2) is 33.7 Å². The summed E-state index contributed by atoms with van der Waals surface area (Å²) in [7, 11) is 0. The van der Waals surface area contributed by atoms with E-state index in [1.54, 1.807) is 23.1 Å². The SMILES string of the molecule is CCCSc1nnc(SCC(=O)N[C@@H](C)C23CC4CC(CC(C4)C2)C3)s1. The lowest BCUT2D eigenvalue weighted by molar-refractivity contribution is -0.123. The molecular weight excluding hydrogens is 382 g/mol. The molecule has 1 N–H and O–H groups in total. The zero-order valence-electron chi connectivity index (χ0n) is 15.7. The van der Waals surface area contributed by atoms with E-state index in [-0.39, 0.29) is 5.91 Å². The van der Waals surface area contributed by atoms with Gasteiger partial charge < -0.3 is 5.32 Å². The van der Waals surface area contributed by atoms with Gasteiger partial charge in [0.05, 0.1) is 5.75 Å². The van der Waals surface area contributed by atoms with Crippen molar-refractivity contribution in [2.45, 2.75) is 73.5 Å². The highest BCUT2D eigenvalue weighted by atomic mass is 32.2. The number of carbonyl (C=O) groups is 1. The van der Waals surface area contributed by atoms with Gasteiger partial charge in [-0.25, -0.2) is 0 Å². The Morgan fingerprint density at radius 2 is 1.73 bits per heavy atom. The van der Waals surface area contributed by atoms with E-state index in [0.29, 0.717) is 17.2 Å². The molecule has 144 valence electrons. The standard InChI is InChI=1S/C19H29N3OS3/c1-3-4-24-17-21-22-18(26-17)25-11-16(23)20-12(2)19-8-13-5-14(9-19)7-15(6-13)10-19/h12-15H,3-11H2,1-2H3,(H,20,23)/t12-,13?,14?,15?,19?/m0/s1. The van der Waals surface area contributed by atoms with Crippen LogP contribution >= 0.6 is 34.9 Å². The number of amides is 1. The summed E-state index contributed by atoms with van der Waals surface area (Å²) in [6, 6.07) is 0.300. The molecule has 4 nitrogen and oxygen atoms in total.